The molecule has 0 bridgehead atoms. The van der Waals surface area contributed by atoms with Crippen molar-refractivity contribution in [3.05, 3.63) is 64.7 Å². The van der Waals surface area contributed by atoms with E-state index in [9.17, 15) is 31.1 Å². The van der Waals surface area contributed by atoms with E-state index in [1.807, 2.05) is 0 Å². The molecule has 40 heavy (non-hydrogen) atoms. The van der Waals surface area contributed by atoms with Crippen molar-refractivity contribution in [3.63, 3.8) is 0 Å². The molecular weight excluding hydrogens is 542 g/mol. The summed E-state index contributed by atoms with van der Waals surface area (Å²) in [6, 6.07) is 10.8. The molecule has 220 valence electrons. The summed E-state index contributed by atoms with van der Waals surface area (Å²) >= 11 is 0. The highest BCUT2D eigenvalue weighted by molar-refractivity contribution is 5.70. The maximum atomic E-state index is 14.2. The second-order valence-electron chi connectivity index (χ2n) is 10.9. The molecular formula is C28H32F6N2O4. The number of halogens is 6. The van der Waals surface area contributed by atoms with Crippen LogP contribution in [0.1, 0.15) is 61.8 Å². The van der Waals surface area contributed by atoms with Gasteiger partial charge in [0, 0.05) is 23.6 Å². The van der Waals surface area contributed by atoms with E-state index in [0.29, 0.717) is 18.4 Å². The average Bonchev–Trinajstić information content (AvgIpc) is 3.27. The van der Waals surface area contributed by atoms with Crippen LogP contribution in [-0.2, 0) is 27.3 Å². The van der Waals surface area contributed by atoms with Crippen molar-refractivity contribution < 1.29 is 45.3 Å². The van der Waals surface area contributed by atoms with Crippen LogP contribution in [0.15, 0.2) is 42.5 Å². The van der Waals surface area contributed by atoms with Crippen molar-refractivity contribution in [1.29, 1.82) is 0 Å². The largest absolute Gasteiger partial charge is 0.496 e. The first kappa shape index (κ1) is 30.0. The van der Waals surface area contributed by atoms with Crippen LogP contribution < -0.4 is 10.1 Å². The fourth-order valence-corrected chi connectivity index (χ4v) is 5.89. The van der Waals surface area contributed by atoms with Gasteiger partial charge in [-0.1, -0.05) is 30.3 Å². The van der Waals surface area contributed by atoms with E-state index in [0.717, 1.165) is 6.07 Å². The van der Waals surface area contributed by atoms with E-state index >= 15 is 0 Å². The summed E-state index contributed by atoms with van der Waals surface area (Å²) < 4.78 is 101. The van der Waals surface area contributed by atoms with Gasteiger partial charge in [-0.3, -0.25) is 10.2 Å². The van der Waals surface area contributed by atoms with Crippen molar-refractivity contribution in [2.75, 3.05) is 20.7 Å². The van der Waals surface area contributed by atoms with Gasteiger partial charge in [0.2, 0.25) is 0 Å². The molecule has 2 heterocycles. The van der Waals surface area contributed by atoms with Crippen LogP contribution in [0.5, 0.6) is 5.75 Å². The van der Waals surface area contributed by atoms with E-state index in [1.165, 1.54) is 18.1 Å². The van der Waals surface area contributed by atoms with E-state index in [2.05, 4.69) is 10.1 Å². The molecule has 2 aliphatic heterocycles. The maximum absolute atomic E-state index is 14.2. The van der Waals surface area contributed by atoms with E-state index < -0.39 is 53.4 Å². The molecule has 2 atom stereocenters. The average molecular weight is 575 g/mol. The lowest BCUT2D eigenvalue weighted by Gasteiger charge is -2.52. The minimum absolute atomic E-state index is 0.0797. The highest BCUT2D eigenvalue weighted by atomic mass is 19.4. The molecule has 4 rings (SSSR count). The standard InChI is InChI=1S/C28H32F6N2O4/c1-24(2,3)40-23(37)36-13-9-12-20(25(36,35-4)18-10-7-6-8-11-18)19-15-21-17(14-22(19)38-5)16-39-26(21,27(29,30)31)28(32,33)34/h6-8,10-11,14-15,20,35H,9,12-13,16H2,1-5H3/t20-,25+/m0/s1. The second kappa shape index (κ2) is 10.1. The minimum atomic E-state index is -5.78. The van der Waals surface area contributed by atoms with Crippen LogP contribution in [0, 0.1) is 0 Å². The summed E-state index contributed by atoms with van der Waals surface area (Å²) in [5.41, 5.74) is -7.41. The fourth-order valence-electron chi connectivity index (χ4n) is 5.89. The van der Waals surface area contributed by atoms with Gasteiger partial charge in [0.15, 0.2) is 0 Å². The Morgan fingerprint density at radius 2 is 1.68 bits per heavy atom. The van der Waals surface area contributed by atoms with Gasteiger partial charge in [0.05, 0.1) is 13.7 Å². The Kier molecular flexibility index (Phi) is 7.59. The van der Waals surface area contributed by atoms with Crippen LogP contribution in [-0.4, -0.2) is 49.6 Å². The number of hydrogen-bond donors (Lipinski definition) is 1. The number of nitrogens with zero attached hydrogens (tertiary/aromatic N) is 1. The number of ether oxygens (including phenoxy) is 3. The molecule has 2 aromatic rings. The van der Waals surface area contributed by atoms with Crippen molar-refractivity contribution in [3.8, 4) is 5.75 Å². The summed E-state index contributed by atoms with van der Waals surface area (Å²) in [4.78, 5) is 15.0. The predicted molar refractivity (Wildman–Crippen MR) is 134 cm³/mol. The lowest BCUT2D eigenvalue weighted by molar-refractivity contribution is -0.385. The zero-order valence-electron chi connectivity index (χ0n) is 22.8. The molecule has 2 aliphatic rings. The van der Waals surface area contributed by atoms with Crippen LogP contribution in [0.3, 0.4) is 0 Å². The lowest BCUT2D eigenvalue weighted by atomic mass is 9.73. The SMILES string of the molecule is CN[C@@]1(c2ccccc2)[C@H](c2cc3c(cc2OC)COC3(C(F)(F)F)C(F)(F)F)CCCN1C(=O)OC(C)(C)C. The first-order chi connectivity index (χ1) is 18.5. The molecule has 6 nitrogen and oxygen atoms in total. The number of benzene rings is 2. The molecule has 2 aromatic carbocycles. The number of methoxy groups -OCH3 is 1. The van der Waals surface area contributed by atoms with Gasteiger partial charge in [-0.25, -0.2) is 4.79 Å². The third-order valence-electron chi connectivity index (χ3n) is 7.47. The van der Waals surface area contributed by atoms with Crippen molar-refractivity contribution in [1.82, 2.24) is 10.2 Å². The van der Waals surface area contributed by atoms with Gasteiger partial charge in [0.25, 0.3) is 5.60 Å². The topological polar surface area (TPSA) is 60.0 Å². The smallest absolute Gasteiger partial charge is 0.430 e. The Balaban J connectivity index is 2.00. The normalized spacial score (nSPS) is 23.1. The van der Waals surface area contributed by atoms with Gasteiger partial charge in [-0.2, -0.15) is 26.3 Å². The minimum Gasteiger partial charge on any atom is -0.496 e. The quantitative estimate of drug-likeness (QED) is 0.411. The van der Waals surface area contributed by atoms with Crippen LogP contribution >= 0.6 is 0 Å². The summed E-state index contributed by atoms with van der Waals surface area (Å²) in [6.45, 7) is 4.44. The monoisotopic (exact) mass is 574 g/mol. The maximum Gasteiger partial charge on any atom is 0.430 e. The van der Waals surface area contributed by atoms with Crippen LogP contribution in [0.4, 0.5) is 31.1 Å². The van der Waals surface area contributed by atoms with E-state index in [1.54, 1.807) is 58.2 Å². The molecule has 0 saturated carbocycles. The van der Waals surface area contributed by atoms with Crippen molar-refractivity contribution in [2.45, 2.75) is 75.4 Å². The first-order valence-corrected chi connectivity index (χ1v) is 12.8. The predicted octanol–water partition coefficient (Wildman–Crippen LogP) is 6.73. The Labute approximate surface area is 228 Å². The Morgan fingerprint density at radius 3 is 2.20 bits per heavy atom. The summed E-state index contributed by atoms with van der Waals surface area (Å²) in [5, 5.41) is 3.19. The number of amides is 1. The molecule has 0 spiro atoms. The molecule has 0 radical (unpaired) electrons. The third-order valence-corrected chi connectivity index (χ3v) is 7.47. The highest BCUT2D eigenvalue weighted by Gasteiger charge is 2.75. The van der Waals surface area contributed by atoms with Crippen molar-refractivity contribution >= 4 is 6.09 Å². The number of piperidine rings is 1. The van der Waals surface area contributed by atoms with E-state index in [4.69, 9.17) is 9.47 Å². The van der Waals surface area contributed by atoms with E-state index in [-0.39, 0.29) is 23.4 Å². The first-order valence-electron chi connectivity index (χ1n) is 12.8. The van der Waals surface area contributed by atoms with Crippen molar-refractivity contribution in [2.24, 2.45) is 0 Å². The zero-order valence-corrected chi connectivity index (χ0v) is 22.8. The Hall–Kier alpha value is -2.99. The molecule has 1 amide bonds. The molecule has 1 N–H and O–H groups in total. The van der Waals surface area contributed by atoms with Gasteiger partial charge >= 0.3 is 18.4 Å². The molecule has 1 fully saturated rings. The molecule has 12 heteroatoms. The lowest BCUT2D eigenvalue weighted by Crippen LogP contribution is -2.63. The number of likely N-dealkylation sites (N-methyl/N-ethyl adjacent to an activating group) is 1. The second-order valence-corrected chi connectivity index (χ2v) is 10.9. The van der Waals surface area contributed by atoms with Gasteiger partial charge in [-0.15, -0.1) is 0 Å². The number of likely N-dealkylation sites (tertiary alicyclic amines) is 1. The summed E-state index contributed by atoms with van der Waals surface area (Å²) in [5.74, 6) is -0.740. The number of alkyl halides is 6. The van der Waals surface area contributed by atoms with Gasteiger partial charge < -0.3 is 14.2 Å². The Bertz CT molecular complexity index is 1230. The number of carbonyl (C=O) groups is 1. The summed E-state index contributed by atoms with van der Waals surface area (Å²) in [7, 11) is 2.88. The summed E-state index contributed by atoms with van der Waals surface area (Å²) in [6.07, 6.45) is -11.5. The number of fused-ring (bicyclic) bond motifs is 1. The molecule has 1 saturated heterocycles. The molecule has 0 aromatic heterocycles. The van der Waals surface area contributed by atoms with Crippen LogP contribution in [0.25, 0.3) is 0 Å². The molecule has 0 unspecified atom stereocenters. The number of nitrogens with one attached hydrogen (secondary N) is 1. The highest BCUT2D eigenvalue weighted by Crippen LogP contribution is 2.59. The number of hydrogen-bond acceptors (Lipinski definition) is 5. The van der Waals surface area contributed by atoms with Crippen LogP contribution in [0.2, 0.25) is 0 Å². The molecule has 0 aliphatic carbocycles. The van der Waals surface area contributed by atoms with Gasteiger partial charge in [0.1, 0.15) is 17.0 Å². The Morgan fingerprint density at radius 1 is 1.05 bits per heavy atom. The number of rotatable bonds is 4. The fraction of sp³-hybridized carbons (Fsp3) is 0.536. The third kappa shape index (κ3) is 4.68. The number of carbonyl (C=O) groups excluding carboxylic acids is 1. The van der Waals surface area contributed by atoms with Gasteiger partial charge in [-0.05, 0) is 63.9 Å². The zero-order chi connectivity index (χ0) is 29.7.